The second kappa shape index (κ2) is 5.09. The van der Waals surface area contributed by atoms with Crippen LogP contribution in [0.25, 0.3) is 0 Å². The van der Waals surface area contributed by atoms with Gasteiger partial charge in [0.1, 0.15) is 0 Å². The average molecular weight is 264 g/mol. The van der Waals surface area contributed by atoms with Crippen LogP contribution in [0, 0.1) is 11.3 Å². The van der Waals surface area contributed by atoms with Crippen molar-refractivity contribution in [2.24, 2.45) is 0 Å². The minimum Gasteiger partial charge on any atom is -0.207 e. The van der Waals surface area contributed by atoms with Gasteiger partial charge in [-0.05, 0) is 31.0 Å². The molecule has 0 atom stereocenters. The molecule has 2 rings (SSSR count). The zero-order valence-corrected chi connectivity index (χ0v) is 11.2. The molecule has 0 heterocycles. The smallest absolute Gasteiger partial charge is 0.207 e. The van der Waals surface area contributed by atoms with Crippen LogP contribution in [0.15, 0.2) is 29.2 Å². The molecule has 0 radical (unpaired) electrons. The summed E-state index contributed by atoms with van der Waals surface area (Å²) in [7, 11) is -1.84. The van der Waals surface area contributed by atoms with Gasteiger partial charge in [0.05, 0.1) is 16.5 Å². The Kier molecular flexibility index (Phi) is 3.69. The predicted octanol–water partition coefficient (Wildman–Crippen LogP) is 2.12. The van der Waals surface area contributed by atoms with Crippen LogP contribution < -0.4 is 0 Å². The van der Waals surface area contributed by atoms with E-state index in [1.165, 1.54) is 10.4 Å². The number of hydrogen-bond acceptors (Lipinski definition) is 3. The molecule has 18 heavy (non-hydrogen) atoms. The second-order valence-corrected chi connectivity index (χ2v) is 6.60. The Labute approximate surface area is 108 Å². The van der Waals surface area contributed by atoms with E-state index in [0.717, 1.165) is 25.7 Å². The number of nitriles is 1. The molecule has 0 saturated heterocycles. The quantitative estimate of drug-likeness (QED) is 0.840. The number of rotatable bonds is 3. The third-order valence-electron chi connectivity index (χ3n) is 3.48. The largest absolute Gasteiger partial charge is 0.243 e. The zero-order chi connectivity index (χ0) is 13.2. The first-order valence-corrected chi connectivity index (χ1v) is 7.48. The van der Waals surface area contributed by atoms with Gasteiger partial charge in [-0.15, -0.1) is 0 Å². The molecule has 96 valence electrons. The van der Waals surface area contributed by atoms with Crippen molar-refractivity contribution in [3.05, 3.63) is 29.8 Å². The fourth-order valence-corrected chi connectivity index (χ4v) is 3.82. The van der Waals surface area contributed by atoms with Crippen molar-refractivity contribution in [2.75, 3.05) is 7.05 Å². The molecule has 0 aromatic heterocycles. The summed E-state index contributed by atoms with van der Waals surface area (Å²) in [6.07, 6.45) is 4.02. The summed E-state index contributed by atoms with van der Waals surface area (Å²) in [5.41, 5.74) is 0.371. The van der Waals surface area contributed by atoms with Gasteiger partial charge < -0.3 is 0 Å². The van der Waals surface area contributed by atoms with Crippen molar-refractivity contribution < 1.29 is 8.42 Å². The van der Waals surface area contributed by atoms with Crippen molar-refractivity contribution >= 4 is 10.0 Å². The lowest BCUT2D eigenvalue weighted by atomic mass is 10.2. The summed E-state index contributed by atoms with van der Waals surface area (Å²) in [5, 5.41) is 8.82. The first-order chi connectivity index (χ1) is 8.55. The fourth-order valence-electron chi connectivity index (χ4n) is 2.36. The van der Waals surface area contributed by atoms with E-state index in [9.17, 15) is 8.42 Å². The molecule has 0 spiro atoms. The SMILES string of the molecule is CN(C1CCCC1)S(=O)(=O)c1cccc(C#N)c1. The van der Waals surface area contributed by atoms with Crippen LogP contribution in [0.2, 0.25) is 0 Å². The van der Waals surface area contributed by atoms with Crippen LogP contribution in [0.3, 0.4) is 0 Å². The molecule has 1 aliphatic carbocycles. The minimum atomic E-state index is -3.47. The molecular weight excluding hydrogens is 248 g/mol. The molecule has 0 aliphatic heterocycles. The van der Waals surface area contributed by atoms with Gasteiger partial charge in [-0.3, -0.25) is 0 Å². The van der Waals surface area contributed by atoms with Crippen molar-refractivity contribution in [3.8, 4) is 6.07 Å². The van der Waals surface area contributed by atoms with Crippen LogP contribution in [0.4, 0.5) is 0 Å². The third kappa shape index (κ3) is 2.40. The van der Waals surface area contributed by atoms with Gasteiger partial charge in [0.2, 0.25) is 10.0 Å². The molecule has 0 unspecified atom stereocenters. The van der Waals surface area contributed by atoms with E-state index in [1.54, 1.807) is 25.2 Å². The van der Waals surface area contributed by atoms with Crippen LogP contribution in [-0.2, 0) is 10.0 Å². The maximum Gasteiger partial charge on any atom is 0.243 e. The zero-order valence-electron chi connectivity index (χ0n) is 10.3. The van der Waals surface area contributed by atoms with Crippen molar-refractivity contribution in [1.29, 1.82) is 5.26 Å². The normalized spacial score (nSPS) is 16.9. The highest BCUT2D eigenvalue weighted by Crippen LogP contribution is 2.27. The first kappa shape index (κ1) is 13.1. The molecule has 1 aromatic rings. The summed E-state index contributed by atoms with van der Waals surface area (Å²) in [4.78, 5) is 0.205. The first-order valence-electron chi connectivity index (χ1n) is 6.04. The number of sulfonamides is 1. The highest BCUT2D eigenvalue weighted by molar-refractivity contribution is 7.89. The van der Waals surface area contributed by atoms with Gasteiger partial charge in [-0.2, -0.15) is 9.57 Å². The Balaban J connectivity index is 2.32. The van der Waals surface area contributed by atoms with Crippen molar-refractivity contribution in [1.82, 2.24) is 4.31 Å². The lowest BCUT2D eigenvalue weighted by Crippen LogP contribution is -2.35. The maximum atomic E-state index is 12.4. The van der Waals surface area contributed by atoms with Crippen LogP contribution in [0.5, 0.6) is 0 Å². The molecule has 0 N–H and O–H groups in total. The molecular formula is C13H16N2O2S. The predicted molar refractivity (Wildman–Crippen MR) is 68.4 cm³/mol. The minimum absolute atomic E-state index is 0.0979. The van der Waals surface area contributed by atoms with Crippen LogP contribution in [0.1, 0.15) is 31.2 Å². The number of nitrogens with zero attached hydrogens (tertiary/aromatic N) is 2. The van der Waals surface area contributed by atoms with Gasteiger partial charge in [0.25, 0.3) is 0 Å². The molecule has 1 aliphatic rings. The summed E-state index contributed by atoms with van der Waals surface area (Å²) < 4.78 is 26.3. The highest BCUT2D eigenvalue weighted by Gasteiger charge is 2.29. The molecule has 0 amide bonds. The average Bonchev–Trinajstić information content (AvgIpc) is 2.91. The Morgan fingerprint density at radius 2 is 2.00 bits per heavy atom. The van der Waals surface area contributed by atoms with Crippen LogP contribution in [-0.4, -0.2) is 25.8 Å². The van der Waals surface area contributed by atoms with E-state index in [0.29, 0.717) is 5.56 Å². The third-order valence-corrected chi connectivity index (χ3v) is 5.39. The van der Waals surface area contributed by atoms with Gasteiger partial charge in [0.15, 0.2) is 0 Å². The Morgan fingerprint density at radius 3 is 2.61 bits per heavy atom. The van der Waals surface area contributed by atoms with E-state index in [-0.39, 0.29) is 10.9 Å². The molecule has 0 bridgehead atoms. The van der Waals surface area contributed by atoms with E-state index < -0.39 is 10.0 Å². The van der Waals surface area contributed by atoms with Gasteiger partial charge in [0, 0.05) is 13.1 Å². The lowest BCUT2D eigenvalue weighted by molar-refractivity contribution is 0.373. The maximum absolute atomic E-state index is 12.4. The van der Waals surface area contributed by atoms with Gasteiger partial charge in [-0.1, -0.05) is 18.9 Å². The molecule has 1 saturated carbocycles. The van der Waals surface area contributed by atoms with E-state index >= 15 is 0 Å². The highest BCUT2D eigenvalue weighted by atomic mass is 32.2. The second-order valence-electron chi connectivity index (χ2n) is 4.60. The summed E-state index contributed by atoms with van der Waals surface area (Å²) >= 11 is 0. The topological polar surface area (TPSA) is 61.2 Å². The van der Waals surface area contributed by atoms with Crippen LogP contribution >= 0.6 is 0 Å². The van der Waals surface area contributed by atoms with E-state index in [2.05, 4.69) is 0 Å². The molecule has 1 fully saturated rings. The summed E-state index contributed by atoms with van der Waals surface area (Å²) in [6.45, 7) is 0. The molecule has 1 aromatic carbocycles. The Morgan fingerprint density at radius 1 is 1.33 bits per heavy atom. The van der Waals surface area contributed by atoms with Gasteiger partial charge >= 0.3 is 0 Å². The number of hydrogen-bond donors (Lipinski definition) is 0. The Hall–Kier alpha value is -1.38. The monoisotopic (exact) mass is 264 g/mol. The summed E-state index contributed by atoms with van der Waals surface area (Å²) in [5.74, 6) is 0. The fraction of sp³-hybridized carbons (Fsp3) is 0.462. The summed E-state index contributed by atoms with van der Waals surface area (Å²) in [6, 6.07) is 8.25. The van der Waals surface area contributed by atoms with Crippen molar-refractivity contribution in [3.63, 3.8) is 0 Å². The Bertz CT molecular complexity index is 569. The number of benzene rings is 1. The van der Waals surface area contributed by atoms with E-state index in [1.807, 2.05) is 6.07 Å². The standard InChI is InChI=1S/C13H16N2O2S/c1-15(12-6-2-3-7-12)18(16,17)13-8-4-5-11(9-13)10-14/h4-5,8-9,12H,2-3,6-7H2,1H3. The van der Waals surface area contributed by atoms with Crippen molar-refractivity contribution in [2.45, 2.75) is 36.6 Å². The molecule has 4 nitrogen and oxygen atoms in total. The molecule has 5 heteroatoms. The lowest BCUT2D eigenvalue weighted by Gasteiger charge is -2.23. The van der Waals surface area contributed by atoms with Gasteiger partial charge in [-0.25, -0.2) is 8.42 Å². The van der Waals surface area contributed by atoms with E-state index in [4.69, 9.17) is 5.26 Å².